The minimum atomic E-state index is -1.03. The fraction of sp³-hybridized carbons (Fsp3) is 0.300. The highest BCUT2D eigenvalue weighted by atomic mass is 19.1. The number of nitrogens with one attached hydrogen (secondary N) is 4. The number of carbonyl (C=O) groups is 5. The molecular formula is C40H39FN10O6. The molecule has 0 radical (unpaired) electrons. The van der Waals surface area contributed by atoms with Crippen molar-refractivity contribution in [1.82, 2.24) is 40.6 Å². The van der Waals surface area contributed by atoms with Crippen molar-refractivity contribution in [2.45, 2.75) is 25.3 Å². The van der Waals surface area contributed by atoms with Crippen LogP contribution < -0.4 is 25.6 Å². The fourth-order valence-corrected chi connectivity index (χ4v) is 7.48. The highest BCUT2D eigenvalue weighted by Gasteiger charge is 2.45. The summed E-state index contributed by atoms with van der Waals surface area (Å²) in [5, 5.41) is 15.8. The van der Waals surface area contributed by atoms with Gasteiger partial charge in [0.2, 0.25) is 17.7 Å². The summed E-state index contributed by atoms with van der Waals surface area (Å²) in [6, 6.07) is 16.5. The molecule has 4 N–H and O–H groups in total. The molecule has 17 heteroatoms. The molecule has 16 nitrogen and oxygen atoms in total. The van der Waals surface area contributed by atoms with E-state index in [0.29, 0.717) is 60.8 Å². The largest absolute Gasteiger partial charge is 0.496 e. The maximum atomic E-state index is 14.8. The summed E-state index contributed by atoms with van der Waals surface area (Å²) in [5.74, 6) is -2.24. The Balaban J connectivity index is 0.795. The van der Waals surface area contributed by atoms with E-state index in [2.05, 4.69) is 45.9 Å². The molecule has 0 saturated carbocycles. The van der Waals surface area contributed by atoms with Gasteiger partial charge in [-0.1, -0.05) is 24.3 Å². The summed E-state index contributed by atoms with van der Waals surface area (Å²) in [7, 11) is 1.47. The summed E-state index contributed by atoms with van der Waals surface area (Å²) >= 11 is 0. The number of ether oxygens (including phenoxy) is 1. The number of rotatable bonds is 12. The van der Waals surface area contributed by atoms with Crippen molar-refractivity contribution >= 4 is 51.9 Å². The van der Waals surface area contributed by atoms with Crippen molar-refractivity contribution in [3.8, 4) is 28.4 Å². The highest BCUT2D eigenvalue weighted by Crippen LogP contribution is 2.34. The molecule has 5 heterocycles. The van der Waals surface area contributed by atoms with Gasteiger partial charge in [0.25, 0.3) is 11.8 Å². The van der Waals surface area contributed by atoms with Crippen LogP contribution in [-0.2, 0) is 14.4 Å². The van der Waals surface area contributed by atoms with Crippen LogP contribution in [0.5, 0.6) is 5.75 Å². The Morgan fingerprint density at radius 3 is 2.51 bits per heavy atom. The van der Waals surface area contributed by atoms with Gasteiger partial charge in [-0.2, -0.15) is 5.10 Å². The number of nitrogens with zero attached hydrogens (tertiary/aromatic N) is 6. The molecule has 3 aromatic carbocycles. The van der Waals surface area contributed by atoms with Crippen molar-refractivity contribution in [1.29, 1.82) is 0 Å². The maximum Gasteiger partial charge on any atom is 0.264 e. The number of hydrogen-bond donors (Lipinski definition) is 4. The van der Waals surface area contributed by atoms with E-state index in [0.717, 1.165) is 29.2 Å². The number of imide groups is 2. The predicted molar refractivity (Wildman–Crippen MR) is 207 cm³/mol. The second-order valence-electron chi connectivity index (χ2n) is 14.0. The van der Waals surface area contributed by atoms with Gasteiger partial charge in [-0.3, -0.25) is 44.2 Å². The molecule has 1 unspecified atom stereocenters. The summed E-state index contributed by atoms with van der Waals surface area (Å²) in [4.78, 5) is 77.5. The first-order chi connectivity index (χ1) is 27.7. The number of benzene rings is 3. The van der Waals surface area contributed by atoms with Gasteiger partial charge in [0, 0.05) is 62.6 Å². The number of anilines is 2. The molecule has 0 spiro atoms. The molecule has 1 atom stereocenters. The SMILES string of the molecule is COc1cccc(F)c1-c1ncc2[nH]nc(-c3ccc(N4CCN(CC(=O)NCCCNc5cccc6c5C(=O)N(C5CCC(=O)NC5=O)C6=O)CC4)cc3)c2n1. The Kier molecular flexibility index (Phi) is 10.3. The topological polar surface area (TPSA) is 195 Å². The number of fused-ring (bicyclic) bond motifs is 2. The molecule has 0 aliphatic carbocycles. The molecule has 2 aromatic heterocycles. The van der Waals surface area contributed by atoms with Crippen LogP contribution in [0.3, 0.4) is 0 Å². The average Bonchev–Trinajstić information content (AvgIpc) is 3.75. The number of piperazine rings is 1. The number of piperidine rings is 1. The Bertz CT molecular complexity index is 2390. The van der Waals surface area contributed by atoms with Crippen LogP contribution in [0.2, 0.25) is 0 Å². The molecule has 2 saturated heterocycles. The normalized spacial score (nSPS) is 17.2. The second kappa shape index (κ2) is 15.8. The van der Waals surface area contributed by atoms with Crippen LogP contribution in [0.4, 0.5) is 15.8 Å². The Labute approximate surface area is 325 Å². The van der Waals surface area contributed by atoms with Gasteiger partial charge in [0.15, 0.2) is 5.82 Å². The van der Waals surface area contributed by atoms with Crippen molar-refractivity contribution in [2.24, 2.45) is 0 Å². The standard InChI is InChI=1S/C40H39FN10O6/c1-57-30-8-3-6-26(41)34(30)37-44-21-28-36(46-37)35(48-47-28)23-9-11-24(12-10-23)50-19-17-49(18-20-50)22-32(53)43-16-4-15-42-27-7-2-5-25-33(27)40(56)51(39(25)55)29-13-14-31(52)45-38(29)54/h2-3,5-12,21,29,42H,4,13-20,22H2,1H3,(H,43,53)(H,47,48)(H,45,52,54). The molecule has 5 amide bonds. The molecule has 5 aromatic rings. The Morgan fingerprint density at radius 2 is 1.74 bits per heavy atom. The quantitative estimate of drug-likeness (QED) is 0.107. The number of carbonyl (C=O) groups excluding carboxylic acids is 5. The summed E-state index contributed by atoms with van der Waals surface area (Å²) in [6.45, 7) is 4.02. The van der Waals surface area contributed by atoms with Gasteiger partial charge in [-0.25, -0.2) is 14.4 Å². The number of aromatic nitrogens is 4. The number of H-pyrrole nitrogens is 1. The van der Waals surface area contributed by atoms with Gasteiger partial charge in [-0.05, 0) is 49.2 Å². The summed E-state index contributed by atoms with van der Waals surface area (Å²) in [5.41, 5.74) is 4.75. The van der Waals surface area contributed by atoms with Crippen molar-refractivity contribution < 1.29 is 33.1 Å². The number of amides is 5. The first kappa shape index (κ1) is 37.2. The van der Waals surface area contributed by atoms with E-state index in [1.807, 2.05) is 24.3 Å². The van der Waals surface area contributed by atoms with Crippen molar-refractivity contribution in [3.63, 3.8) is 0 Å². The van der Waals surface area contributed by atoms with Gasteiger partial charge in [0.1, 0.15) is 34.3 Å². The minimum Gasteiger partial charge on any atom is -0.496 e. The third-order valence-electron chi connectivity index (χ3n) is 10.4. The lowest BCUT2D eigenvalue weighted by Gasteiger charge is -2.35. The molecule has 3 aliphatic rings. The number of methoxy groups -OCH3 is 1. The van der Waals surface area contributed by atoms with Crippen LogP contribution in [0.1, 0.15) is 40.0 Å². The molecule has 57 heavy (non-hydrogen) atoms. The van der Waals surface area contributed by atoms with E-state index in [4.69, 9.17) is 4.74 Å². The highest BCUT2D eigenvalue weighted by molar-refractivity contribution is 6.25. The fourth-order valence-electron chi connectivity index (χ4n) is 7.48. The molecule has 2 fully saturated rings. The number of aromatic amines is 1. The summed E-state index contributed by atoms with van der Waals surface area (Å²) < 4.78 is 20.1. The van der Waals surface area contributed by atoms with E-state index in [1.165, 1.54) is 13.2 Å². The number of hydrogen-bond acceptors (Lipinski definition) is 12. The molecule has 8 rings (SSSR count). The first-order valence-electron chi connectivity index (χ1n) is 18.7. The van der Waals surface area contributed by atoms with Crippen molar-refractivity contribution in [3.05, 3.63) is 83.8 Å². The third kappa shape index (κ3) is 7.36. The Morgan fingerprint density at radius 1 is 0.947 bits per heavy atom. The van der Waals surface area contributed by atoms with Crippen LogP contribution >= 0.6 is 0 Å². The Hall–Kier alpha value is -6.75. The maximum absolute atomic E-state index is 14.8. The van der Waals surface area contributed by atoms with Gasteiger partial charge < -0.3 is 20.3 Å². The molecule has 292 valence electrons. The monoisotopic (exact) mass is 774 g/mol. The van der Waals surface area contributed by atoms with E-state index in [1.54, 1.807) is 36.5 Å². The van der Waals surface area contributed by atoms with Crippen molar-refractivity contribution in [2.75, 3.05) is 63.1 Å². The average molecular weight is 775 g/mol. The van der Waals surface area contributed by atoms with E-state index >= 15 is 0 Å². The van der Waals surface area contributed by atoms with Crippen LogP contribution in [0.15, 0.2) is 66.9 Å². The summed E-state index contributed by atoms with van der Waals surface area (Å²) in [6.07, 6.45) is 2.29. The van der Waals surface area contributed by atoms with Crippen LogP contribution in [-0.4, -0.2) is 118 Å². The number of halogens is 1. The van der Waals surface area contributed by atoms with Gasteiger partial charge >= 0.3 is 0 Å². The van der Waals surface area contributed by atoms with E-state index < -0.39 is 35.5 Å². The minimum absolute atomic E-state index is 0.0510. The lowest BCUT2D eigenvalue weighted by Crippen LogP contribution is -2.54. The molecule has 0 bridgehead atoms. The lowest BCUT2D eigenvalue weighted by atomic mass is 10.0. The smallest absolute Gasteiger partial charge is 0.264 e. The third-order valence-corrected chi connectivity index (χ3v) is 10.4. The molecule has 3 aliphatic heterocycles. The van der Waals surface area contributed by atoms with E-state index in [-0.39, 0.29) is 47.8 Å². The van der Waals surface area contributed by atoms with Gasteiger partial charge in [0.05, 0.1) is 36.5 Å². The first-order valence-corrected chi connectivity index (χ1v) is 18.7. The van der Waals surface area contributed by atoms with E-state index in [9.17, 15) is 28.4 Å². The van der Waals surface area contributed by atoms with Crippen LogP contribution in [0.25, 0.3) is 33.7 Å². The molecular weight excluding hydrogens is 736 g/mol. The predicted octanol–water partition coefficient (Wildman–Crippen LogP) is 2.98. The zero-order valence-electron chi connectivity index (χ0n) is 31.0. The van der Waals surface area contributed by atoms with Gasteiger partial charge in [-0.15, -0.1) is 0 Å². The second-order valence-corrected chi connectivity index (χ2v) is 14.0. The zero-order valence-corrected chi connectivity index (χ0v) is 31.0. The zero-order chi connectivity index (χ0) is 39.6. The lowest BCUT2D eigenvalue weighted by molar-refractivity contribution is -0.136. The van der Waals surface area contributed by atoms with Crippen LogP contribution in [0, 0.1) is 5.82 Å².